The first-order valence-electron chi connectivity index (χ1n) is 9.99. The molecule has 1 aromatic rings. The SMILES string of the molecule is C=Cc1cn([C@]2(C(=O)OCC(CC)(CC)COC)O[C@H](CO)[C@@H](O)[C@H]2O)c(=O)nc1N. The van der Waals surface area contributed by atoms with Gasteiger partial charge in [-0.25, -0.2) is 9.59 Å². The molecule has 1 aliphatic rings. The minimum atomic E-state index is -2.48. The number of nitrogens with two attached hydrogens (primary N) is 1. The van der Waals surface area contributed by atoms with Crippen LogP contribution in [0.3, 0.4) is 0 Å². The Balaban J connectivity index is 2.57. The third-order valence-corrected chi connectivity index (χ3v) is 5.93. The zero-order valence-electron chi connectivity index (χ0n) is 18.0. The molecule has 0 aromatic carbocycles. The van der Waals surface area contributed by atoms with Crippen LogP contribution in [0.5, 0.6) is 0 Å². The fourth-order valence-electron chi connectivity index (χ4n) is 3.62. The molecule has 11 heteroatoms. The van der Waals surface area contributed by atoms with Gasteiger partial charge in [0.05, 0.1) is 19.8 Å². The lowest BCUT2D eigenvalue weighted by Gasteiger charge is -2.35. The Morgan fingerprint density at radius 2 is 2.06 bits per heavy atom. The van der Waals surface area contributed by atoms with Crippen molar-refractivity contribution in [2.45, 2.75) is 50.7 Å². The number of aromatic nitrogens is 2. The van der Waals surface area contributed by atoms with E-state index < -0.39 is 47.7 Å². The largest absolute Gasteiger partial charge is 0.461 e. The van der Waals surface area contributed by atoms with Crippen LogP contribution in [0.1, 0.15) is 32.3 Å². The summed E-state index contributed by atoms with van der Waals surface area (Å²) in [5.74, 6) is -1.26. The molecule has 5 N–H and O–H groups in total. The zero-order chi connectivity index (χ0) is 23.4. The summed E-state index contributed by atoms with van der Waals surface area (Å²) < 4.78 is 17.1. The lowest BCUT2D eigenvalue weighted by molar-refractivity contribution is -0.206. The van der Waals surface area contributed by atoms with Crippen LogP contribution < -0.4 is 11.4 Å². The number of hydrogen-bond donors (Lipinski definition) is 4. The molecule has 0 bridgehead atoms. The van der Waals surface area contributed by atoms with Gasteiger partial charge in [-0.05, 0) is 12.8 Å². The summed E-state index contributed by atoms with van der Waals surface area (Å²) in [6.07, 6.45) is -1.25. The van der Waals surface area contributed by atoms with Gasteiger partial charge < -0.3 is 35.3 Å². The summed E-state index contributed by atoms with van der Waals surface area (Å²) in [7, 11) is 1.53. The molecule has 31 heavy (non-hydrogen) atoms. The Hall–Kier alpha value is -2.31. The molecule has 0 aliphatic carbocycles. The number of nitrogens with zero attached hydrogens (tertiary/aromatic N) is 2. The van der Waals surface area contributed by atoms with E-state index >= 15 is 0 Å². The van der Waals surface area contributed by atoms with Crippen molar-refractivity contribution in [3.05, 3.63) is 28.8 Å². The highest BCUT2D eigenvalue weighted by atomic mass is 16.6. The number of carbonyl (C=O) groups is 1. The van der Waals surface area contributed by atoms with E-state index in [0.717, 1.165) is 6.20 Å². The van der Waals surface area contributed by atoms with Crippen molar-refractivity contribution in [3.63, 3.8) is 0 Å². The van der Waals surface area contributed by atoms with Gasteiger partial charge in [-0.15, -0.1) is 0 Å². The van der Waals surface area contributed by atoms with Crippen molar-refractivity contribution in [2.75, 3.05) is 32.7 Å². The molecule has 11 nitrogen and oxygen atoms in total. The fourth-order valence-corrected chi connectivity index (χ4v) is 3.62. The minimum Gasteiger partial charge on any atom is -0.461 e. The van der Waals surface area contributed by atoms with Crippen molar-refractivity contribution in [3.8, 4) is 0 Å². The van der Waals surface area contributed by atoms with Gasteiger partial charge in [0.1, 0.15) is 24.1 Å². The average Bonchev–Trinajstić information content (AvgIpc) is 3.02. The Bertz CT molecular complexity index is 853. The molecule has 1 fully saturated rings. The number of anilines is 1. The van der Waals surface area contributed by atoms with E-state index in [9.17, 15) is 24.9 Å². The summed E-state index contributed by atoms with van der Waals surface area (Å²) in [4.78, 5) is 29.6. The van der Waals surface area contributed by atoms with Crippen molar-refractivity contribution < 1.29 is 34.3 Å². The summed E-state index contributed by atoms with van der Waals surface area (Å²) in [6, 6.07) is 0. The second-order valence-corrected chi connectivity index (χ2v) is 7.63. The van der Waals surface area contributed by atoms with Gasteiger partial charge in [-0.3, -0.25) is 4.57 Å². The maximum absolute atomic E-state index is 13.3. The molecule has 2 rings (SSSR count). The van der Waals surface area contributed by atoms with Crippen LogP contribution >= 0.6 is 0 Å². The summed E-state index contributed by atoms with van der Waals surface area (Å²) >= 11 is 0. The van der Waals surface area contributed by atoms with Gasteiger partial charge in [0, 0.05) is 24.3 Å². The Kier molecular flexibility index (Phi) is 7.95. The Labute approximate surface area is 180 Å². The normalized spacial score (nSPS) is 26.1. The van der Waals surface area contributed by atoms with Gasteiger partial charge in [0.15, 0.2) is 0 Å². The van der Waals surface area contributed by atoms with E-state index in [2.05, 4.69) is 11.6 Å². The van der Waals surface area contributed by atoms with Crippen LogP contribution in [0.2, 0.25) is 0 Å². The Morgan fingerprint density at radius 1 is 1.42 bits per heavy atom. The molecular formula is C20H31N3O8. The number of rotatable bonds is 10. The van der Waals surface area contributed by atoms with E-state index in [-0.39, 0.29) is 18.0 Å². The first kappa shape index (κ1) is 25.0. The molecule has 0 spiro atoms. The quantitative estimate of drug-likeness (QED) is 0.339. The molecule has 0 saturated carbocycles. The number of nitrogen functional groups attached to an aromatic ring is 1. The summed E-state index contributed by atoms with van der Waals surface area (Å²) in [6.45, 7) is 6.93. The molecule has 4 atom stereocenters. The second-order valence-electron chi connectivity index (χ2n) is 7.63. The van der Waals surface area contributed by atoms with Crippen molar-refractivity contribution >= 4 is 17.9 Å². The molecule has 0 radical (unpaired) electrons. The topological polar surface area (TPSA) is 166 Å². The lowest BCUT2D eigenvalue weighted by atomic mass is 9.84. The van der Waals surface area contributed by atoms with Crippen LogP contribution in [-0.4, -0.2) is 76.1 Å². The van der Waals surface area contributed by atoms with E-state index in [1.165, 1.54) is 13.2 Å². The fraction of sp³-hybridized carbons (Fsp3) is 0.650. The molecule has 0 amide bonds. The molecule has 1 aromatic heterocycles. The maximum Gasteiger partial charge on any atom is 0.363 e. The molecular weight excluding hydrogens is 410 g/mol. The second kappa shape index (κ2) is 9.88. The first-order chi connectivity index (χ1) is 14.7. The molecule has 1 saturated heterocycles. The minimum absolute atomic E-state index is 0.0874. The van der Waals surface area contributed by atoms with Crippen LogP contribution in [0.15, 0.2) is 17.6 Å². The number of carbonyl (C=O) groups excluding carboxylic acids is 1. The number of aliphatic hydroxyl groups is 3. The van der Waals surface area contributed by atoms with Gasteiger partial charge in [-0.1, -0.05) is 26.5 Å². The number of esters is 1. The predicted molar refractivity (Wildman–Crippen MR) is 111 cm³/mol. The molecule has 2 heterocycles. The van der Waals surface area contributed by atoms with Gasteiger partial charge in [0.2, 0.25) is 0 Å². The molecule has 0 unspecified atom stereocenters. The monoisotopic (exact) mass is 441 g/mol. The van der Waals surface area contributed by atoms with Crippen LogP contribution in [-0.2, 0) is 24.7 Å². The molecule has 1 aliphatic heterocycles. The van der Waals surface area contributed by atoms with Crippen molar-refractivity contribution in [1.29, 1.82) is 0 Å². The predicted octanol–water partition coefficient (Wildman–Crippen LogP) is -0.770. The number of aliphatic hydroxyl groups excluding tert-OH is 3. The van der Waals surface area contributed by atoms with Crippen LogP contribution in [0, 0.1) is 5.41 Å². The van der Waals surface area contributed by atoms with Crippen LogP contribution in [0.4, 0.5) is 5.82 Å². The highest BCUT2D eigenvalue weighted by Gasteiger charge is 2.62. The van der Waals surface area contributed by atoms with Gasteiger partial charge >= 0.3 is 11.7 Å². The lowest BCUT2D eigenvalue weighted by Crippen LogP contribution is -2.57. The van der Waals surface area contributed by atoms with Gasteiger partial charge in [-0.2, -0.15) is 4.98 Å². The zero-order valence-corrected chi connectivity index (χ0v) is 18.0. The van der Waals surface area contributed by atoms with Crippen molar-refractivity contribution in [2.24, 2.45) is 5.41 Å². The van der Waals surface area contributed by atoms with Crippen molar-refractivity contribution in [1.82, 2.24) is 9.55 Å². The highest BCUT2D eigenvalue weighted by Crippen LogP contribution is 2.37. The Morgan fingerprint density at radius 3 is 2.55 bits per heavy atom. The smallest absolute Gasteiger partial charge is 0.363 e. The summed E-state index contributed by atoms with van der Waals surface area (Å²) in [5, 5.41) is 30.6. The maximum atomic E-state index is 13.3. The molecule has 174 valence electrons. The van der Waals surface area contributed by atoms with Crippen LogP contribution in [0.25, 0.3) is 6.08 Å². The number of ether oxygens (including phenoxy) is 3. The van der Waals surface area contributed by atoms with E-state index in [4.69, 9.17) is 19.9 Å². The van der Waals surface area contributed by atoms with Gasteiger partial charge in [0.25, 0.3) is 5.72 Å². The standard InChI is InChI=1S/C20H31N3O8/c1-5-12-8-23(18(28)22-16(12)21)20(15(26)14(25)13(9-24)31-20)17(27)30-11-19(6-2,7-3)10-29-4/h5,8,13-15,24-26H,1,6-7,9-11H2,2-4H3,(H2,21,22,28)/t13-,14-,15-,20+/m1/s1. The third-order valence-electron chi connectivity index (χ3n) is 5.93. The number of methoxy groups -OCH3 is 1. The van der Waals surface area contributed by atoms with E-state index in [0.29, 0.717) is 24.0 Å². The third kappa shape index (κ3) is 4.37. The van der Waals surface area contributed by atoms with E-state index in [1.807, 2.05) is 13.8 Å². The average molecular weight is 441 g/mol. The first-order valence-corrected chi connectivity index (χ1v) is 9.99. The number of hydrogen-bond acceptors (Lipinski definition) is 10. The summed E-state index contributed by atoms with van der Waals surface area (Å²) in [5.41, 5.74) is 1.90. The highest BCUT2D eigenvalue weighted by molar-refractivity contribution is 5.79. The van der Waals surface area contributed by atoms with E-state index in [1.54, 1.807) is 0 Å².